The van der Waals surface area contributed by atoms with Crippen molar-refractivity contribution in [3.05, 3.63) is 60.2 Å². The summed E-state index contributed by atoms with van der Waals surface area (Å²) in [5.74, 6) is -0.00834. The Morgan fingerprint density at radius 2 is 1.63 bits per heavy atom. The summed E-state index contributed by atoms with van der Waals surface area (Å²) in [5, 5.41) is 0. The largest absolute Gasteiger partial charge is 0.573 e. The summed E-state index contributed by atoms with van der Waals surface area (Å²) in [6.07, 6.45) is -2.06. The van der Waals surface area contributed by atoms with Crippen LogP contribution in [0.1, 0.15) is 24.8 Å². The average molecular weight is 443 g/mol. The lowest BCUT2D eigenvalue weighted by Gasteiger charge is -2.32. The predicted octanol–water partition coefficient (Wildman–Crippen LogP) is 4.17. The van der Waals surface area contributed by atoms with Gasteiger partial charge in [-0.25, -0.2) is 13.1 Å². The third-order valence-corrected chi connectivity index (χ3v) is 6.65. The van der Waals surface area contributed by atoms with E-state index in [2.05, 4.69) is 26.5 Å². The van der Waals surface area contributed by atoms with Gasteiger partial charge in [-0.1, -0.05) is 30.3 Å². The van der Waals surface area contributed by atoms with Gasteiger partial charge in [-0.05, 0) is 68.1 Å². The fourth-order valence-electron chi connectivity index (χ4n) is 3.58. The first-order valence-electron chi connectivity index (χ1n) is 9.83. The SMILES string of the molecule is O=S(=O)(NCCC1CCN(Cc2ccccc2)CC1)c1ccc(OC(F)(F)F)cc1. The van der Waals surface area contributed by atoms with Crippen molar-refractivity contribution < 1.29 is 26.3 Å². The van der Waals surface area contributed by atoms with E-state index in [0.717, 1.165) is 63.2 Å². The Labute approximate surface area is 174 Å². The Hall–Kier alpha value is -2.10. The highest BCUT2D eigenvalue weighted by Gasteiger charge is 2.31. The van der Waals surface area contributed by atoms with Crippen molar-refractivity contribution in [3.8, 4) is 5.75 Å². The highest BCUT2D eigenvalue weighted by atomic mass is 32.2. The number of hydrogen-bond donors (Lipinski definition) is 1. The first-order chi connectivity index (χ1) is 14.2. The minimum Gasteiger partial charge on any atom is -0.406 e. The number of nitrogens with zero attached hydrogens (tertiary/aromatic N) is 1. The molecule has 0 spiro atoms. The molecule has 30 heavy (non-hydrogen) atoms. The lowest BCUT2D eigenvalue weighted by molar-refractivity contribution is -0.274. The monoisotopic (exact) mass is 442 g/mol. The van der Waals surface area contributed by atoms with Gasteiger partial charge in [-0.3, -0.25) is 4.90 Å². The van der Waals surface area contributed by atoms with Crippen molar-refractivity contribution in [2.75, 3.05) is 19.6 Å². The molecule has 0 radical (unpaired) electrons. The van der Waals surface area contributed by atoms with Crippen molar-refractivity contribution >= 4 is 10.0 Å². The van der Waals surface area contributed by atoms with Crippen LogP contribution < -0.4 is 9.46 Å². The second kappa shape index (κ2) is 9.80. The number of halogens is 3. The lowest BCUT2D eigenvalue weighted by Crippen LogP contribution is -2.34. The third-order valence-electron chi connectivity index (χ3n) is 5.17. The fraction of sp³-hybridized carbons (Fsp3) is 0.429. The third kappa shape index (κ3) is 7.00. The first kappa shape index (κ1) is 22.6. The maximum absolute atomic E-state index is 12.3. The number of rotatable bonds is 8. The summed E-state index contributed by atoms with van der Waals surface area (Å²) in [4.78, 5) is 2.32. The van der Waals surface area contributed by atoms with Crippen LogP contribution >= 0.6 is 0 Å². The van der Waals surface area contributed by atoms with Crippen LogP contribution in [0.15, 0.2) is 59.5 Å². The Balaban J connectivity index is 1.41. The van der Waals surface area contributed by atoms with Gasteiger partial charge >= 0.3 is 6.36 Å². The Kier molecular flexibility index (Phi) is 7.38. The van der Waals surface area contributed by atoms with E-state index in [-0.39, 0.29) is 4.90 Å². The van der Waals surface area contributed by atoms with E-state index < -0.39 is 22.1 Å². The van der Waals surface area contributed by atoms with Gasteiger partial charge in [0.25, 0.3) is 0 Å². The van der Waals surface area contributed by atoms with Crippen LogP contribution in [0.4, 0.5) is 13.2 Å². The molecule has 2 aromatic carbocycles. The quantitative estimate of drug-likeness (QED) is 0.667. The second-order valence-electron chi connectivity index (χ2n) is 7.41. The molecule has 164 valence electrons. The number of piperidine rings is 1. The average Bonchev–Trinajstić information content (AvgIpc) is 2.69. The van der Waals surface area contributed by atoms with E-state index in [9.17, 15) is 21.6 Å². The molecule has 9 heteroatoms. The molecule has 2 aromatic rings. The molecule has 0 aromatic heterocycles. The summed E-state index contributed by atoms with van der Waals surface area (Å²) < 4.78 is 67.6. The Bertz CT molecular complexity index is 895. The van der Waals surface area contributed by atoms with Crippen LogP contribution in [0.3, 0.4) is 0 Å². The number of benzene rings is 2. The summed E-state index contributed by atoms with van der Waals surface area (Å²) in [6, 6.07) is 14.5. The zero-order valence-electron chi connectivity index (χ0n) is 16.4. The van der Waals surface area contributed by atoms with Crippen LogP contribution in [-0.4, -0.2) is 39.3 Å². The van der Waals surface area contributed by atoms with Gasteiger partial charge in [0.15, 0.2) is 0 Å². The van der Waals surface area contributed by atoms with E-state index in [1.54, 1.807) is 0 Å². The summed E-state index contributed by atoms with van der Waals surface area (Å²) in [5.41, 5.74) is 1.29. The van der Waals surface area contributed by atoms with Crippen LogP contribution in [0, 0.1) is 5.92 Å². The molecule has 1 aliphatic heterocycles. The van der Waals surface area contributed by atoms with E-state index >= 15 is 0 Å². The molecule has 1 aliphatic rings. The van der Waals surface area contributed by atoms with Gasteiger partial charge in [0.1, 0.15) is 5.75 Å². The van der Waals surface area contributed by atoms with Crippen LogP contribution in [0.25, 0.3) is 0 Å². The predicted molar refractivity (Wildman–Crippen MR) is 107 cm³/mol. The van der Waals surface area contributed by atoms with Gasteiger partial charge < -0.3 is 4.74 Å². The molecule has 1 heterocycles. The maximum atomic E-state index is 12.3. The molecule has 5 nitrogen and oxygen atoms in total. The molecule has 3 rings (SSSR count). The molecule has 0 amide bonds. The molecule has 1 N–H and O–H groups in total. The number of likely N-dealkylation sites (tertiary alicyclic amines) is 1. The highest BCUT2D eigenvalue weighted by Crippen LogP contribution is 2.24. The number of ether oxygens (including phenoxy) is 1. The molecular formula is C21H25F3N2O3S. The molecule has 0 saturated carbocycles. The topological polar surface area (TPSA) is 58.6 Å². The standard InChI is InChI=1S/C21H25F3N2O3S/c22-21(23,24)29-19-6-8-20(9-7-19)30(27,28)25-13-10-17-11-14-26(15-12-17)16-18-4-2-1-3-5-18/h1-9,17,25H,10-16H2. The van der Waals surface area contributed by atoms with Gasteiger partial charge in [0.2, 0.25) is 10.0 Å². The molecule has 0 bridgehead atoms. The van der Waals surface area contributed by atoms with Crippen LogP contribution in [0.2, 0.25) is 0 Å². The van der Waals surface area contributed by atoms with Crippen molar-refractivity contribution in [2.45, 2.75) is 37.1 Å². The fourth-order valence-corrected chi connectivity index (χ4v) is 4.62. The van der Waals surface area contributed by atoms with Gasteiger partial charge in [0.05, 0.1) is 4.90 Å². The highest BCUT2D eigenvalue weighted by molar-refractivity contribution is 7.89. The van der Waals surface area contributed by atoms with Crippen molar-refractivity contribution in [3.63, 3.8) is 0 Å². The summed E-state index contributed by atoms with van der Waals surface area (Å²) >= 11 is 0. The molecule has 0 aliphatic carbocycles. The smallest absolute Gasteiger partial charge is 0.406 e. The van der Waals surface area contributed by atoms with E-state index in [1.807, 2.05) is 18.2 Å². The van der Waals surface area contributed by atoms with E-state index in [0.29, 0.717) is 12.5 Å². The summed E-state index contributed by atoms with van der Waals surface area (Å²) in [7, 11) is -3.77. The van der Waals surface area contributed by atoms with Crippen LogP contribution in [-0.2, 0) is 16.6 Å². The summed E-state index contributed by atoms with van der Waals surface area (Å²) in [6.45, 7) is 3.18. The minimum absolute atomic E-state index is 0.0882. The van der Waals surface area contributed by atoms with Crippen molar-refractivity contribution in [1.29, 1.82) is 0 Å². The van der Waals surface area contributed by atoms with Crippen molar-refractivity contribution in [2.24, 2.45) is 5.92 Å². The van der Waals surface area contributed by atoms with E-state index in [4.69, 9.17) is 0 Å². The molecule has 0 unspecified atom stereocenters. The zero-order chi connectivity index (χ0) is 21.6. The molecule has 1 fully saturated rings. The number of sulfonamides is 1. The number of alkyl halides is 3. The lowest BCUT2D eigenvalue weighted by atomic mass is 9.93. The van der Waals surface area contributed by atoms with Gasteiger partial charge in [-0.15, -0.1) is 13.2 Å². The molecule has 0 atom stereocenters. The Morgan fingerprint density at radius 3 is 2.23 bits per heavy atom. The number of hydrogen-bond acceptors (Lipinski definition) is 4. The van der Waals surface area contributed by atoms with Crippen LogP contribution in [0.5, 0.6) is 5.75 Å². The van der Waals surface area contributed by atoms with Gasteiger partial charge in [-0.2, -0.15) is 0 Å². The minimum atomic E-state index is -4.81. The first-order valence-corrected chi connectivity index (χ1v) is 11.3. The second-order valence-corrected chi connectivity index (χ2v) is 9.18. The maximum Gasteiger partial charge on any atom is 0.573 e. The zero-order valence-corrected chi connectivity index (χ0v) is 17.3. The van der Waals surface area contributed by atoms with Crippen molar-refractivity contribution in [1.82, 2.24) is 9.62 Å². The number of nitrogens with one attached hydrogen (secondary N) is 1. The molecular weight excluding hydrogens is 417 g/mol. The molecule has 1 saturated heterocycles. The normalized spacial score (nSPS) is 16.5. The van der Waals surface area contributed by atoms with Gasteiger partial charge in [0, 0.05) is 13.1 Å². The van der Waals surface area contributed by atoms with E-state index in [1.165, 1.54) is 5.56 Å². The Morgan fingerprint density at radius 1 is 1.00 bits per heavy atom.